The second-order valence-electron chi connectivity index (χ2n) is 8.15. The van der Waals surface area contributed by atoms with Crippen LogP contribution in [-0.4, -0.2) is 36.0 Å². The number of carbonyl (C=O) groups is 3. The van der Waals surface area contributed by atoms with Crippen molar-refractivity contribution >= 4 is 34.4 Å². The Balaban J connectivity index is 1.28. The van der Waals surface area contributed by atoms with Gasteiger partial charge < -0.3 is 20.4 Å². The number of para-hydroxylation sites is 1. The summed E-state index contributed by atoms with van der Waals surface area (Å²) in [7, 11) is 1.54. The molecule has 2 heterocycles. The topological polar surface area (TPSA) is 104 Å². The van der Waals surface area contributed by atoms with Gasteiger partial charge in [-0.3, -0.25) is 9.59 Å². The maximum Gasteiger partial charge on any atom is 0.329 e. The Morgan fingerprint density at radius 1 is 1.16 bits per heavy atom. The monoisotopic (exact) mass is 432 g/mol. The summed E-state index contributed by atoms with van der Waals surface area (Å²) in [5, 5.41) is 6.88. The smallest absolute Gasteiger partial charge is 0.329 e. The van der Waals surface area contributed by atoms with Gasteiger partial charge in [0.2, 0.25) is 5.91 Å². The number of aromatic amines is 1. The standard InChI is InChI=1S/C24H24N4O4/c1-32-15-11-9-14(10-12-15)28-23(30)20(27-24(28)31)13-21(29)25-19-8-4-6-17-16-5-2-3-7-18(16)26-22(17)19/h2-3,5,7,9-12,19-20,26H,4,6,8,13H2,1H3,(H,25,29)(H,27,31)/t19?,20-/m1/s1. The molecule has 3 aromatic rings. The number of amides is 4. The highest BCUT2D eigenvalue weighted by Crippen LogP contribution is 2.34. The van der Waals surface area contributed by atoms with Crippen LogP contribution in [-0.2, 0) is 16.0 Å². The van der Waals surface area contributed by atoms with Gasteiger partial charge in [0.15, 0.2) is 0 Å². The number of hydrogen-bond donors (Lipinski definition) is 3. The van der Waals surface area contributed by atoms with Crippen molar-refractivity contribution in [2.24, 2.45) is 0 Å². The largest absolute Gasteiger partial charge is 0.497 e. The lowest BCUT2D eigenvalue weighted by Crippen LogP contribution is -2.38. The van der Waals surface area contributed by atoms with Crippen molar-refractivity contribution in [2.45, 2.75) is 37.8 Å². The molecule has 2 aliphatic rings. The highest BCUT2D eigenvalue weighted by Gasteiger charge is 2.40. The number of aryl methyl sites for hydroxylation is 1. The van der Waals surface area contributed by atoms with Crippen molar-refractivity contribution in [2.75, 3.05) is 12.0 Å². The quantitative estimate of drug-likeness (QED) is 0.539. The van der Waals surface area contributed by atoms with Gasteiger partial charge in [0.1, 0.15) is 11.8 Å². The third-order valence-electron chi connectivity index (χ3n) is 6.19. The predicted octanol–water partition coefficient (Wildman–Crippen LogP) is 3.19. The predicted molar refractivity (Wildman–Crippen MR) is 120 cm³/mol. The van der Waals surface area contributed by atoms with Crippen molar-refractivity contribution in [3.63, 3.8) is 0 Å². The molecule has 0 saturated carbocycles. The molecule has 8 nitrogen and oxygen atoms in total. The van der Waals surface area contributed by atoms with Crippen molar-refractivity contribution in [1.29, 1.82) is 0 Å². The number of aromatic nitrogens is 1. The van der Waals surface area contributed by atoms with E-state index in [0.29, 0.717) is 11.4 Å². The van der Waals surface area contributed by atoms with Gasteiger partial charge >= 0.3 is 6.03 Å². The Bertz CT molecular complexity index is 1200. The maximum absolute atomic E-state index is 12.8. The van der Waals surface area contributed by atoms with E-state index in [4.69, 9.17) is 4.74 Å². The molecule has 0 radical (unpaired) electrons. The SMILES string of the molecule is COc1ccc(N2C(=O)N[C@H](CC(=O)NC3CCCc4c3[nH]c3ccccc43)C2=O)cc1. The molecule has 1 aromatic heterocycles. The zero-order valence-corrected chi connectivity index (χ0v) is 17.7. The number of anilines is 1. The van der Waals surface area contributed by atoms with E-state index in [-0.39, 0.29) is 18.4 Å². The van der Waals surface area contributed by atoms with E-state index in [0.717, 1.165) is 35.4 Å². The van der Waals surface area contributed by atoms with E-state index in [9.17, 15) is 14.4 Å². The van der Waals surface area contributed by atoms with Crippen LogP contribution < -0.4 is 20.3 Å². The van der Waals surface area contributed by atoms with E-state index in [1.54, 1.807) is 31.4 Å². The molecule has 2 aromatic carbocycles. The molecule has 1 aliphatic heterocycles. The summed E-state index contributed by atoms with van der Waals surface area (Å²) < 4.78 is 5.12. The second-order valence-corrected chi connectivity index (χ2v) is 8.15. The van der Waals surface area contributed by atoms with Gasteiger partial charge in [-0.1, -0.05) is 18.2 Å². The number of rotatable bonds is 5. The Kier molecular flexibility index (Phi) is 5.05. The minimum absolute atomic E-state index is 0.108. The fourth-order valence-electron chi connectivity index (χ4n) is 4.64. The highest BCUT2D eigenvalue weighted by molar-refractivity contribution is 6.22. The molecule has 0 bridgehead atoms. The molecule has 1 unspecified atom stereocenters. The van der Waals surface area contributed by atoms with Gasteiger partial charge in [-0.2, -0.15) is 0 Å². The lowest BCUT2D eigenvalue weighted by molar-refractivity contribution is -0.126. The Morgan fingerprint density at radius 2 is 1.94 bits per heavy atom. The van der Waals surface area contributed by atoms with Crippen LogP contribution in [0.2, 0.25) is 0 Å². The molecule has 4 amide bonds. The number of benzene rings is 2. The Hall–Kier alpha value is -3.81. The number of nitrogens with one attached hydrogen (secondary N) is 3. The van der Waals surface area contributed by atoms with Crippen molar-refractivity contribution < 1.29 is 19.1 Å². The molecule has 0 spiro atoms. The Labute approximate surface area is 184 Å². The van der Waals surface area contributed by atoms with E-state index < -0.39 is 18.0 Å². The molecule has 8 heteroatoms. The van der Waals surface area contributed by atoms with Gasteiger partial charge in [-0.15, -0.1) is 0 Å². The van der Waals surface area contributed by atoms with Gasteiger partial charge in [0.05, 0.1) is 25.3 Å². The van der Waals surface area contributed by atoms with Crippen LogP contribution in [0.5, 0.6) is 5.75 Å². The third kappa shape index (κ3) is 3.47. The number of fused-ring (bicyclic) bond motifs is 3. The summed E-state index contributed by atoms with van der Waals surface area (Å²) >= 11 is 0. The van der Waals surface area contributed by atoms with Crippen LogP contribution >= 0.6 is 0 Å². The maximum atomic E-state index is 12.8. The number of ether oxygens (including phenoxy) is 1. The molecule has 5 rings (SSSR count). The van der Waals surface area contributed by atoms with Crippen molar-refractivity contribution in [1.82, 2.24) is 15.6 Å². The molecule has 3 N–H and O–H groups in total. The summed E-state index contributed by atoms with van der Waals surface area (Å²) in [4.78, 5) is 42.6. The lowest BCUT2D eigenvalue weighted by atomic mass is 9.91. The van der Waals surface area contributed by atoms with E-state index in [1.165, 1.54) is 10.9 Å². The molecular formula is C24H24N4O4. The number of carbonyl (C=O) groups excluding carboxylic acids is 3. The first kappa shape index (κ1) is 20.1. The summed E-state index contributed by atoms with van der Waals surface area (Å²) in [6, 6.07) is 13.2. The number of urea groups is 1. The molecule has 1 aliphatic carbocycles. The van der Waals surface area contributed by atoms with Gasteiger partial charge in [0, 0.05) is 16.6 Å². The summed E-state index contributed by atoms with van der Waals surface area (Å²) in [5.74, 6) is -0.0810. The van der Waals surface area contributed by atoms with Crippen LogP contribution in [0, 0.1) is 0 Å². The third-order valence-corrected chi connectivity index (χ3v) is 6.19. The molecule has 32 heavy (non-hydrogen) atoms. The van der Waals surface area contributed by atoms with Crippen LogP contribution in [0.1, 0.15) is 36.6 Å². The van der Waals surface area contributed by atoms with Gasteiger partial charge in [-0.25, -0.2) is 9.69 Å². The van der Waals surface area contributed by atoms with Crippen LogP contribution in [0.15, 0.2) is 48.5 Å². The molecule has 164 valence electrons. The normalized spacial score (nSPS) is 20.2. The molecule has 1 fully saturated rings. The average molecular weight is 432 g/mol. The van der Waals surface area contributed by atoms with Crippen LogP contribution in [0.25, 0.3) is 10.9 Å². The summed E-state index contributed by atoms with van der Waals surface area (Å²) in [6.45, 7) is 0. The minimum atomic E-state index is -0.893. The minimum Gasteiger partial charge on any atom is -0.497 e. The summed E-state index contributed by atoms with van der Waals surface area (Å²) in [5.41, 5.74) is 3.78. The second kappa shape index (κ2) is 8.03. The van der Waals surface area contributed by atoms with Crippen LogP contribution in [0.3, 0.4) is 0 Å². The molecule has 2 atom stereocenters. The highest BCUT2D eigenvalue weighted by atomic mass is 16.5. The van der Waals surface area contributed by atoms with E-state index in [1.807, 2.05) is 18.2 Å². The number of H-pyrrole nitrogens is 1. The van der Waals surface area contributed by atoms with Crippen molar-refractivity contribution in [3.05, 3.63) is 59.8 Å². The number of methoxy groups -OCH3 is 1. The van der Waals surface area contributed by atoms with Crippen LogP contribution in [0.4, 0.5) is 10.5 Å². The first-order valence-electron chi connectivity index (χ1n) is 10.7. The fourth-order valence-corrected chi connectivity index (χ4v) is 4.64. The lowest BCUT2D eigenvalue weighted by Gasteiger charge is -2.24. The zero-order chi connectivity index (χ0) is 22.2. The average Bonchev–Trinajstić information content (AvgIpc) is 3.31. The first-order chi connectivity index (χ1) is 15.5. The van der Waals surface area contributed by atoms with E-state index >= 15 is 0 Å². The Morgan fingerprint density at radius 3 is 2.72 bits per heavy atom. The van der Waals surface area contributed by atoms with Gasteiger partial charge in [-0.05, 0) is 55.2 Å². The first-order valence-corrected chi connectivity index (χ1v) is 10.7. The number of imide groups is 1. The number of hydrogen-bond acceptors (Lipinski definition) is 4. The molecule has 1 saturated heterocycles. The zero-order valence-electron chi connectivity index (χ0n) is 17.7. The summed E-state index contributed by atoms with van der Waals surface area (Å²) in [6.07, 6.45) is 2.67. The fraction of sp³-hybridized carbons (Fsp3) is 0.292. The molecular weight excluding hydrogens is 408 g/mol. The van der Waals surface area contributed by atoms with E-state index in [2.05, 4.69) is 21.7 Å². The number of nitrogens with zero attached hydrogens (tertiary/aromatic N) is 1. The van der Waals surface area contributed by atoms with Gasteiger partial charge in [0.25, 0.3) is 5.91 Å². The van der Waals surface area contributed by atoms with Crippen molar-refractivity contribution in [3.8, 4) is 5.75 Å².